The molecule has 0 amide bonds. The SMILES string of the molecule is C[C](=[W])/C(C)=C(/C)C1=[C-]CCCC=N1. The number of nitrogens with zero attached hydrogens (tertiary/aromatic N) is 1. The van der Waals surface area contributed by atoms with E-state index in [-0.39, 0.29) is 0 Å². The molecule has 2 heteroatoms. The Morgan fingerprint density at radius 2 is 2.14 bits per heavy atom. The van der Waals surface area contributed by atoms with Crippen LogP contribution in [0.25, 0.3) is 0 Å². The summed E-state index contributed by atoms with van der Waals surface area (Å²) in [5.41, 5.74) is 3.72. The van der Waals surface area contributed by atoms with E-state index in [1.165, 1.54) is 40.8 Å². The Hall–Kier alpha value is -0.292. The molecule has 0 aromatic rings. The molecule has 0 saturated carbocycles. The summed E-state index contributed by atoms with van der Waals surface area (Å²) in [6.45, 7) is 6.49. The number of rotatable bonds is 2. The monoisotopic (exact) mass is 358 g/mol. The van der Waals surface area contributed by atoms with Gasteiger partial charge in [0.1, 0.15) is 0 Å². The zero-order valence-electron chi connectivity index (χ0n) is 9.05. The van der Waals surface area contributed by atoms with Gasteiger partial charge in [-0.05, 0) is 0 Å². The van der Waals surface area contributed by atoms with Crippen LogP contribution in [-0.4, -0.2) is 10.1 Å². The maximum absolute atomic E-state index is 4.45. The Bertz CT molecular complexity index is 321. The second kappa shape index (κ2) is 5.56. The second-order valence-corrected chi connectivity index (χ2v) is 5.74. The van der Waals surface area contributed by atoms with E-state index < -0.39 is 0 Å². The molecule has 1 aliphatic rings. The fraction of sp³-hybridized carbons (Fsp3) is 0.500. The van der Waals surface area contributed by atoms with Gasteiger partial charge in [0.25, 0.3) is 0 Å². The van der Waals surface area contributed by atoms with E-state index >= 15 is 0 Å². The molecule has 0 N–H and O–H groups in total. The van der Waals surface area contributed by atoms with Crippen molar-refractivity contribution in [1.29, 1.82) is 0 Å². The third-order valence-electron chi connectivity index (χ3n) is 2.47. The minimum atomic E-state index is 1.04. The molecule has 0 unspecified atom stereocenters. The number of aliphatic imine (C=N–C) groups is 1. The van der Waals surface area contributed by atoms with Gasteiger partial charge < -0.3 is 0 Å². The van der Waals surface area contributed by atoms with Gasteiger partial charge >= 0.3 is 97.4 Å². The zero-order valence-corrected chi connectivity index (χ0v) is 12.0. The van der Waals surface area contributed by atoms with Gasteiger partial charge in [0.2, 0.25) is 0 Å². The second-order valence-electron chi connectivity index (χ2n) is 3.54. The number of allylic oxidation sites excluding steroid dienone is 3. The molecular formula is C12H16NW-. The fourth-order valence-electron chi connectivity index (χ4n) is 1.27. The van der Waals surface area contributed by atoms with Gasteiger partial charge in [0.05, 0.1) is 0 Å². The molecule has 0 fully saturated rings. The van der Waals surface area contributed by atoms with E-state index in [4.69, 9.17) is 0 Å². The van der Waals surface area contributed by atoms with E-state index in [2.05, 4.69) is 31.8 Å². The van der Waals surface area contributed by atoms with E-state index in [1.807, 2.05) is 6.21 Å². The summed E-state index contributed by atoms with van der Waals surface area (Å²) in [6, 6.07) is 0. The van der Waals surface area contributed by atoms with Crippen LogP contribution in [0.2, 0.25) is 0 Å². The maximum atomic E-state index is 4.45. The first-order chi connectivity index (χ1) is 6.63. The summed E-state index contributed by atoms with van der Waals surface area (Å²) in [5.74, 6) is 0. The Balaban J connectivity index is 2.97. The normalized spacial score (nSPS) is 18.4. The molecule has 1 rings (SSSR count). The molecular weight excluding hydrogens is 342 g/mol. The van der Waals surface area contributed by atoms with Gasteiger partial charge in [-0.15, -0.1) is 0 Å². The Morgan fingerprint density at radius 1 is 1.43 bits per heavy atom. The van der Waals surface area contributed by atoms with E-state index in [9.17, 15) is 0 Å². The van der Waals surface area contributed by atoms with Gasteiger partial charge in [-0.25, -0.2) is 0 Å². The van der Waals surface area contributed by atoms with Crippen LogP contribution >= 0.6 is 0 Å². The summed E-state index contributed by atoms with van der Waals surface area (Å²) in [6.07, 6.45) is 8.70. The van der Waals surface area contributed by atoms with Gasteiger partial charge in [-0.1, -0.05) is 0 Å². The molecule has 14 heavy (non-hydrogen) atoms. The molecule has 0 aromatic heterocycles. The van der Waals surface area contributed by atoms with Crippen LogP contribution in [0.4, 0.5) is 0 Å². The van der Waals surface area contributed by atoms with Crippen LogP contribution in [0.3, 0.4) is 0 Å². The number of hydrogen-bond donors (Lipinski definition) is 0. The molecule has 0 radical (unpaired) electrons. The summed E-state index contributed by atoms with van der Waals surface area (Å²) in [4.78, 5) is 4.45. The summed E-state index contributed by atoms with van der Waals surface area (Å²) in [5, 5.41) is 0. The van der Waals surface area contributed by atoms with Gasteiger partial charge in [0, 0.05) is 0 Å². The van der Waals surface area contributed by atoms with Crippen molar-refractivity contribution in [2.75, 3.05) is 0 Å². The van der Waals surface area contributed by atoms with Crippen LogP contribution in [-0.2, 0) is 19.4 Å². The van der Waals surface area contributed by atoms with E-state index in [1.54, 1.807) is 0 Å². The Labute approximate surface area is 97.4 Å². The van der Waals surface area contributed by atoms with Crippen molar-refractivity contribution < 1.29 is 19.4 Å². The first-order valence-corrected chi connectivity index (χ1v) is 6.41. The van der Waals surface area contributed by atoms with Crippen molar-refractivity contribution in [2.24, 2.45) is 4.99 Å². The van der Waals surface area contributed by atoms with Gasteiger partial charge in [-0.3, -0.25) is 0 Å². The summed E-state index contributed by atoms with van der Waals surface area (Å²) < 4.78 is 1.44. The van der Waals surface area contributed by atoms with Crippen molar-refractivity contribution >= 4 is 10.1 Å². The summed E-state index contributed by atoms with van der Waals surface area (Å²) >= 11 is 1.54. The van der Waals surface area contributed by atoms with Crippen molar-refractivity contribution in [3.8, 4) is 0 Å². The molecule has 0 spiro atoms. The molecule has 0 bridgehead atoms. The molecule has 0 atom stereocenters. The summed E-state index contributed by atoms with van der Waals surface area (Å²) in [7, 11) is 0. The van der Waals surface area contributed by atoms with Crippen LogP contribution in [0.1, 0.15) is 40.0 Å². The van der Waals surface area contributed by atoms with Crippen molar-refractivity contribution in [1.82, 2.24) is 0 Å². The van der Waals surface area contributed by atoms with E-state index in [0.29, 0.717) is 0 Å². The van der Waals surface area contributed by atoms with Crippen molar-refractivity contribution in [3.63, 3.8) is 0 Å². The molecule has 76 valence electrons. The zero-order chi connectivity index (χ0) is 10.6. The van der Waals surface area contributed by atoms with Crippen LogP contribution < -0.4 is 0 Å². The fourth-order valence-corrected chi connectivity index (χ4v) is 1.82. The van der Waals surface area contributed by atoms with Crippen molar-refractivity contribution in [3.05, 3.63) is 22.9 Å². The minimum absolute atomic E-state index is 1.04. The number of hydrogen-bond acceptors (Lipinski definition) is 1. The standard InChI is InChI=1S/C12H16N.W/c1-4-10(2)11(3)12-8-6-5-7-9-13-12;/h9H,5-7H2,1-3H3;/q-1;/b11-10-;. The first-order valence-electron chi connectivity index (χ1n) is 4.95. The molecule has 0 saturated heterocycles. The Kier molecular flexibility index (Phi) is 4.68. The average Bonchev–Trinajstić information content (AvgIpc) is 2.43. The molecule has 1 heterocycles. The first kappa shape index (κ1) is 11.8. The predicted molar refractivity (Wildman–Crippen MR) is 58.2 cm³/mol. The quantitative estimate of drug-likeness (QED) is 0.673. The topological polar surface area (TPSA) is 12.4 Å². The van der Waals surface area contributed by atoms with Crippen LogP contribution in [0.15, 0.2) is 21.8 Å². The third kappa shape index (κ3) is 3.13. The van der Waals surface area contributed by atoms with Gasteiger partial charge in [0.15, 0.2) is 0 Å². The molecule has 1 nitrogen and oxygen atoms in total. The molecule has 1 aliphatic heterocycles. The van der Waals surface area contributed by atoms with Crippen LogP contribution in [0.5, 0.6) is 0 Å². The van der Waals surface area contributed by atoms with Crippen LogP contribution in [0, 0.1) is 6.08 Å². The van der Waals surface area contributed by atoms with Gasteiger partial charge in [-0.2, -0.15) is 0 Å². The third-order valence-corrected chi connectivity index (χ3v) is 3.57. The average molecular weight is 358 g/mol. The molecule has 0 aliphatic carbocycles. The van der Waals surface area contributed by atoms with Crippen molar-refractivity contribution in [2.45, 2.75) is 40.0 Å². The van der Waals surface area contributed by atoms with E-state index in [0.717, 1.165) is 18.5 Å². The molecule has 0 aromatic carbocycles. The Morgan fingerprint density at radius 3 is 2.79 bits per heavy atom. The predicted octanol–water partition coefficient (Wildman–Crippen LogP) is 3.00.